The number of carbonyl (C=O) groups excluding carboxylic acids is 4. The van der Waals surface area contributed by atoms with E-state index in [2.05, 4.69) is 30.6 Å². The molecule has 14 heteroatoms. The number of methoxy groups -OCH3 is 2. The van der Waals surface area contributed by atoms with Gasteiger partial charge in [0.1, 0.15) is 23.7 Å². The van der Waals surface area contributed by atoms with Crippen LogP contribution in [0.25, 0.3) is 0 Å². The van der Waals surface area contributed by atoms with E-state index in [-0.39, 0.29) is 35.7 Å². The Morgan fingerprint density at radius 1 is 0.745 bits per heavy atom. The number of amides is 4. The number of nitrogens with one attached hydrogen (secondary N) is 4. The minimum atomic E-state index is -0.657. The molecule has 2 aliphatic rings. The normalized spacial score (nSPS) is 19.2. The molecule has 260 valence electrons. The fourth-order valence-electron chi connectivity index (χ4n) is 6.54. The van der Waals surface area contributed by atoms with Crippen molar-refractivity contribution in [2.45, 2.75) is 110 Å². The maximum Gasteiger partial charge on any atom is 0.407 e. The van der Waals surface area contributed by atoms with E-state index in [9.17, 15) is 19.2 Å². The lowest BCUT2D eigenvalue weighted by atomic mass is 10.0. The molecule has 4 atom stereocenters. The van der Waals surface area contributed by atoms with Gasteiger partial charge in [0.05, 0.1) is 26.3 Å². The number of H-pyrrole nitrogens is 2. The van der Waals surface area contributed by atoms with Gasteiger partial charge >= 0.3 is 12.2 Å². The van der Waals surface area contributed by atoms with Crippen LogP contribution in [-0.4, -0.2) is 93.1 Å². The van der Waals surface area contributed by atoms with Crippen LogP contribution >= 0.6 is 0 Å². The first-order chi connectivity index (χ1) is 22.5. The Bertz CT molecular complexity index is 1260. The number of aromatic nitrogens is 4. The molecule has 4 heterocycles. The van der Waals surface area contributed by atoms with Gasteiger partial charge in [-0.15, -0.1) is 0 Å². The first kappa shape index (κ1) is 35.7. The molecule has 0 spiro atoms. The summed E-state index contributed by atoms with van der Waals surface area (Å²) in [4.78, 5) is 70.2. The van der Waals surface area contributed by atoms with Crippen molar-refractivity contribution in [3.05, 3.63) is 35.4 Å². The van der Waals surface area contributed by atoms with Gasteiger partial charge in [0, 0.05) is 36.9 Å². The Hall–Kier alpha value is -4.10. The molecule has 0 aliphatic carbocycles. The summed E-state index contributed by atoms with van der Waals surface area (Å²) in [6, 6.07) is -1.60. The van der Waals surface area contributed by atoms with Gasteiger partial charge in [0.2, 0.25) is 11.8 Å². The lowest BCUT2D eigenvalue weighted by Crippen LogP contribution is -2.51. The van der Waals surface area contributed by atoms with Gasteiger partial charge in [-0.2, -0.15) is 0 Å². The predicted octanol–water partition coefficient (Wildman–Crippen LogP) is 4.18. The second kappa shape index (κ2) is 16.6. The van der Waals surface area contributed by atoms with Gasteiger partial charge in [-0.1, -0.05) is 34.1 Å². The van der Waals surface area contributed by atoms with Crippen molar-refractivity contribution in [1.29, 1.82) is 0 Å². The minimum absolute atomic E-state index is 0.0794. The molecule has 0 radical (unpaired) electrons. The van der Waals surface area contributed by atoms with Gasteiger partial charge in [0.15, 0.2) is 0 Å². The third-order valence-corrected chi connectivity index (χ3v) is 9.17. The lowest BCUT2D eigenvalue weighted by molar-refractivity contribution is -0.136. The largest absolute Gasteiger partial charge is 0.453 e. The number of alkyl carbamates (subject to hydrolysis) is 2. The van der Waals surface area contributed by atoms with Gasteiger partial charge < -0.3 is 39.9 Å². The molecule has 3 unspecified atom stereocenters. The zero-order chi connectivity index (χ0) is 34.1. The molecule has 4 rings (SSSR count). The molecule has 47 heavy (non-hydrogen) atoms. The molecule has 2 aromatic heterocycles. The summed E-state index contributed by atoms with van der Waals surface area (Å²) in [5, 5.41) is 5.37. The maximum atomic E-state index is 13.4. The number of likely N-dealkylation sites (tertiary alicyclic amines) is 2. The molecule has 0 bridgehead atoms. The number of aryl methyl sites for hydroxylation is 2. The molecule has 2 aliphatic heterocycles. The number of nitrogens with zero attached hydrogens (tertiary/aromatic N) is 4. The Morgan fingerprint density at radius 2 is 1.15 bits per heavy atom. The van der Waals surface area contributed by atoms with Crippen molar-refractivity contribution >= 4 is 24.0 Å². The highest BCUT2D eigenvalue weighted by Crippen LogP contribution is 2.33. The molecule has 4 N–H and O–H groups in total. The van der Waals surface area contributed by atoms with E-state index in [0.717, 1.165) is 80.8 Å². The zero-order valence-corrected chi connectivity index (χ0v) is 28.6. The quantitative estimate of drug-likeness (QED) is 0.219. The van der Waals surface area contributed by atoms with E-state index in [1.165, 1.54) is 14.2 Å². The number of carbonyl (C=O) groups is 4. The van der Waals surface area contributed by atoms with Crippen molar-refractivity contribution in [3.8, 4) is 0 Å². The van der Waals surface area contributed by atoms with Crippen LogP contribution in [0.15, 0.2) is 12.4 Å². The summed E-state index contributed by atoms with van der Waals surface area (Å²) >= 11 is 0. The van der Waals surface area contributed by atoms with Crippen molar-refractivity contribution < 1.29 is 28.7 Å². The standard InChI is InChI=1S/C33H52N8O6/c1-20(2)26(38-32(44)46-5)30(42)40-16-10-14-24(40)28-34-18-22(36-28)12-8-7-9-13-23-19-35-29(37-23)25-15-11-17-41(25)31(43)27(21(3)4)39-33(45)47-6/h18-21,24-27H,7-17H2,1-6H3,(H,34,36)(H,35,37)(H,38,44)(H,39,45)/t24-,25?,26?,27?/m0/s1. The molecule has 2 aromatic rings. The highest BCUT2D eigenvalue weighted by atomic mass is 16.5. The Labute approximate surface area is 277 Å². The third-order valence-electron chi connectivity index (χ3n) is 9.17. The van der Waals surface area contributed by atoms with Crippen molar-refractivity contribution in [3.63, 3.8) is 0 Å². The van der Waals surface area contributed by atoms with Gasteiger partial charge in [-0.3, -0.25) is 9.59 Å². The Kier molecular flexibility index (Phi) is 12.7. The fraction of sp³-hybridized carbons (Fsp3) is 0.697. The number of unbranched alkanes of at least 4 members (excludes halogenated alkanes) is 2. The lowest BCUT2D eigenvalue weighted by Gasteiger charge is -2.30. The maximum absolute atomic E-state index is 13.4. The van der Waals surface area contributed by atoms with E-state index in [1.54, 1.807) is 0 Å². The van der Waals surface area contributed by atoms with Gasteiger partial charge in [-0.05, 0) is 63.2 Å². The number of hydrogen-bond donors (Lipinski definition) is 4. The fourth-order valence-corrected chi connectivity index (χ4v) is 6.54. The van der Waals surface area contributed by atoms with Crippen LogP contribution in [0.2, 0.25) is 0 Å². The summed E-state index contributed by atoms with van der Waals surface area (Å²) in [5.41, 5.74) is 2.09. The van der Waals surface area contributed by atoms with Crippen LogP contribution in [-0.2, 0) is 31.9 Å². The number of hydrogen-bond acceptors (Lipinski definition) is 8. The molecule has 14 nitrogen and oxygen atoms in total. The van der Waals surface area contributed by atoms with E-state index in [0.29, 0.717) is 13.1 Å². The van der Waals surface area contributed by atoms with Crippen LogP contribution in [0.3, 0.4) is 0 Å². The van der Waals surface area contributed by atoms with Gasteiger partial charge in [0.25, 0.3) is 0 Å². The molecule has 0 aromatic carbocycles. The monoisotopic (exact) mass is 656 g/mol. The third kappa shape index (κ3) is 9.04. The minimum Gasteiger partial charge on any atom is -0.453 e. The van der Waals surface area contributed by atoms with E-state index in [4.69, 9.17) is 9.47 Å². The molecule has 2 saturated heterocycles. The van der Waals surface area contributed by atoms with E-state index in [1.807, 2.05) is 49.9 Å². The SMILES string of the molecule is COC(=O)NC(C(=O)N1CCCC1c1ncc(CCCCCc2cnc([C@@H]3CCCN3C(=O)C(NC(=O)OC)C(C)C)[nH]2)[nH]1)C(C)C. The second-order valence-corrected chi connectivity index (χ2v) is 13.2. The van der Waals surface area contributed by atoms with Gasteiger partial charge in [-0.25, -0.2) is 19.6 Å². The number of imidazole rings is 2. The molecular weight excluding hydrogens is 604 g/mol. The topological polar surface area (TPSA) is 175 Å². The first-order valence-electron chi connectivity index (χ1n) is 16.9. The molecular formula is C33H52N8O6. The highest BCUT2D eigenvalue weighted by molar-refractivity contribution is 5.87. The number of aromatic amines is 2. The van der Waals surface area contributed by atoms with Crippen LogP contribution in [0.5, 0.6) is 0 Å². The van der Waals surface area contributed by atoms with Crippen LogP contribution in [0.1, 0.15) is 108 Å². The Morgan fingerprint density at radius 3 is 1.51 bits per heavy atom. The van der Waals surface area contributed by atoms with Crippen molar-refractivity contribution in [2.75, 3.05) is 27.3 Å². The van der Waals surface area contributed by atoms with E-state index < -0.39 is 24.3 Å². The van der Waals surface area contributed by atoms with Crippen LogP contribution in [0.4, 0.5) is 9.59 Å². The summed E-state index contributed by atoms with van der Waals surface area (Å²) in [6.45, 7) is 8.87. The summed E-state index contributed by atoms with van der Waals surface area (Å²) in [6.07, 6.45) is 10.6. The average Bonchev–Trinajstić information content (AvgIpc) is 3.87. The summed E-state index contributed by atoms with van der Waals surface area (Å²) in [7, 11) is 2.59. The number of rotatable bonds is 14. The Balaban J connectivity index is 1.24. The smallest absolute Gasteiger partial charge is 0.407 e. The van der Waals surface area contributed by atoms with E-state index >= 15 is 0 Å². The molecule has 2 fully saturated rings. The zero-order valence-electron chi connectivity index (χ0n) is 28.6. The molecule has 0 saturated carbocycles. The van der Waals surface area contributed by atoms with Crippen LogP contribution < -0.4 is 10.6 Å². The summed E-state index contributed by atoms with van der Waals surface area (Å²) < 4.78 is 9.45. The van der Waals surface area contributed by atoms with Crippen LogP contribution in [0, 0.1) is 11.8 Å². The highest BCUT2D eigenvalue weighted by Gasteiger charge is 2.38. The predicted molar refractivity (Wildman–Crippen MR) is 174 cm³/mol. The first-order valence-corrected chi connectivity index (χ1v) is 16.9. The second-order valence-electron chi connectivity index (χ2n) is 13.2. The van der Waals surface area contributed by atoms with Crippen molar-refractivity contribution in [1.82, 2.24) is 40.4 Å². The number of ether oxygens (including phenoxy) is 2. The average molecular weight is 657 g/mol. The molecule has 4 amide bonds. The summed E-state index contributed by atoms with van der Waals surface area (Å²) in [5.74, 6) is 1.19. The van der Waals surface area contributed by atoms with Crippen molar-refractivity contribution in [2.24, 2.45) is 11.8 Å².